The van der Waals surface area contributed by atoms with Gasteiger partial charge in [-0.15, -0.1) is 5.10 Å². The van der Waals surface area contributed by atoms with Crippen molar-refractivity contribution >= 4 is 34.1 Å². The minimum atomic E-state index is 0.253. The van der Waals surface area contributed by atoms with Crippen LogP contribution in [0, 0.1) is 3.70 Å². The van der Waals surface area contributed by atoms with Crippen molar-refractivity contribution in [2.45, 2.75) is 26.3 Å². The molecule has 0 radical (unpaired) electrons. The van der Waals surface area contributed by atoms with E-state index in [-0.39, 0.29) is 5.54 Å². The van der Waals surface area contributed by atoms with Gasteiger partial charge in [-0.25, -0.2) is 9.50 Å². The fourth-order valence-electron chi connectivity index (χ4n) is 2.61. The number of piperazine rings is 1. The minimum absolute atomic E-state index is 0.253. The summed E-state index contributed by atoms with van der Waals surface area (Å²) in [7, 11) is 0. The summed E-state index contributed by atoms with van der Waals surface area (Å²) in [6.07, 6.45) is 1.85. The molecular formula is C14H20IN5. The van der Waals surface area contributed by atoms with E-state index in [9.17, 15) is 0 Å². The molecule has 108 valence electrons. The van der Waals surface area contributed by atoms with Crippen LogP contribution in [0.4, 0.5) is 5.82 Å². The maximum absolute atomic E-state index is 4.70. The van der Waals surface area contributed by atoms with Gasteiger partial charge >= 0.3 is 0 Å². The van der Waals surface area contributed by atoms with Crippen molar-refractivity contribution in [2.75, 3.05) is 31.1 Å². The van der Waals surface area contributed by atoms with Crippen molar-refractivity contribution in [1.82, 2.24) is 19.5 Å². The third-order valence-electron chi connectivity index (χ3n) is 3.86. The van der Waals surface area contributed by atoms with Gasteiger partial charge in [-0.1, -0.05) is 0 Å². The second-order valence-corrected chi connectivity index (χ2v) is 7.29. The maximum atomic E-state index is 4.70. The van der Waals surface area contributed by atoms with Crippen LogP contribution < -0.4 is 4.90 Å². The number of hydrogen-bond acceptors (Lipinski definition) is 4. The van der Waals surface area contributed by atoms with Gasteiger partial charge in [-0.3, -0.25) is 4.90 Å². The van der Waals surface area contributed by atoms with Gasteiger partial charge in [0.25, 0.3) is 0 Å². The predicted octanol–water partition coefficient (Wildman–Crippen LogP) is 2.25. The van der Waals surface area contributed by atoms with Gasteiger partial charge in [0, 0.05) is 31.7 Å². The molecule has 5 nitrogen and oxygen atoms in total. The number of rotatable bonds is 1. The molecule has 0 spiro atoms. The average molecular weight is 385 g/mol. The largest absolute Gasteiger partial charge is 0.353 e. The highest BCUT2D eigenvalue weighted by Crippen LogP contribution is 2.20. The highest BCUT2D eigenvalue weighted by molar-refractivity contribution is 14.1. The zero-order chi connectivity index (χ0) is 14.3. The Labute approximate surface area is 133 Å². The molecule has 3 heterocycles. The Bertz CT molecular complexity index is 608. The first-order chi connectivity index (χ1) is 9.45. The molecule has 2 aromatic rings. The third-order valence-corrected chi connectivity index (χ3v) is 4.59. The highest BCUT2D eigenvalue weighted by atomic mass is 127. The van der Waals surface area contributed by atoms with Crippen LogP contribution in [0.25, 0.3) is 5.65 Å². The van der Waals surface area contributed by atoms with E-state index in [0.29, 0.717) is 0 Å². The Morgan fingerprint density at radius 3 is 2.45 bits per heavy atom. The van der Waals surface area contributed by atoms with E-state index in [4.69, 9.17) is 5.10 Å². The number of aromatic nitrogens is 3. The molecule has 20 heavy (non-hydrogen) atoms. The molecule has 1 aliphatic heterocycles. The van der Waals surface area contributed by atoms with Crippen molar-refractivity contribution < 1.29 is 0 Å². The fraction of sp³-hybridized carbons (Fsp3) is 0.571. The Balaban J connectivity index is 1.78. The lowest BCUT2D eigenvalue weighted by Crippen LogP contribution is -2.53. The number of imidazole rings is 1. The van der Waals surface area contributed by atoms with Crippen LogP contribution in [0.1, 0.15) is 20.8 Å². The van der Waals surface area contributed by atoms with Gasteiger partial charge in [0.1, 0.15) is 9.52 Å². The molecule has 1 saturated heterocycles. The lowest BCUT2D eigenvalue weighted by atomic mass is 10.1. The quantitative estimate of drug-likeness (QED) is 0.706. The van der Waals surface area contributed by atoms with E-state index in [2.05, 4.69) is 64.2 Å². The standard InChI is InChI=1S/C14H20IN5/c1-14(2,3)19-8-6-18(7-9-19)13-5-4-12-16-10-11(15)20(12)17-13/h4-5,10H,6-9H2,1-3H3. The molecule has 0 aromatic carbocycles. The van der Waals surface area contributed by atoms with Crippen LogP contribution in [-0.4, -0.2) is 51.2 Å². The van der Waals surface area contributed by atoms with E-state index < -0.39 is 0 Å². The highest BCUT2D eigenvalue weighted by Gasteiger charge is 2.26. The second-order valence-electron chi connectivity index (χ2n) is 6.19. The van der Waals surface area contributed by atoms with E-state index >= 15 is 0 Å². The Morgan fingerprint density at radius 1 is 1.10 bits per heavy atom. The summed E-state index contributed by atoms with van der Waals surface area (Å²) >= 11 is 2.27. The number of halogens is 1. The van der Waals surface area contributed by atoms with Crippen LogP contribution in [0.15, 0.2) is 18.3 Å². The molecule has 3 rings (SSSR count). The topological polar surface area (TPSA) is 36.7 Å². The molecule has 0 aliphatic carbocycles. The molecular weight excluding hydrogens is 365 g/mol. The average Bonchev–Trinajstić information content (AvgIpc) is 2.79. The molecule has 0 amide bonds. The summed E-state index contributed by atoms with van der Waals surface area (Å²) in [5.41, 5.74) is 1.16. The van der Waals surface area contributed by atoms with Gasteiger partial charge in [0.05, 0.1) is 6.20 Å². The van der Waals surface area contributed by atoms with Crippen molar-refractivity contribution in [1.29, 1.82) is 0 Å². The van der Waals surface area contributed by atoms with E-state index in [1.54, 1.807) is 0 Å². The van der Waals surface area contributed by atoms with Gasteiger partial charge in [0.2, 0.25) is 0 Å². The summed E-state index contributed by atoms with van der Waals surface area (Å²) in [5, 5.41) is 4.70. The molecule has 1 aliphatic rings. The lowest BCUT2D eigenvalue weighted by Gasteiger charge is -2.42. The summed E-state index contributed by atoms with van der Waals surface area (Å²) in [5.74, 6) is 1.04. The number of hydrogen-bond donors (Lipinski definition) is 0. The SMILES string of the molecule is CC(C)(C)N1CCN(c2ccc3ncc(I)n3n2)CC1. The monoisotopic (exact) mass is 385 g/mol. The zero-order valence-electron chi connectivity index (χ0n) is 12.2. The van der Waals surface area contributed by atoms with E-state index in [1.165, 1.54) is 0 Å². The fourth-order valence-corrected chi connectivity index (χ4v) is 3.11. The lowest BCUT2D eigenvalue weighted by molar-refractivity contribution is 0.128. The Kier molecular flexibility index (Phi) is 3.62. The zero-order valence-corrected chi connectivity index (χ0v) is 14.3. The molecule has 0 N–H and O–H groups in total. The van der Waals surface area contributed by atoms with E-state index in [1.807, 2.05) is 16.8 Å². The van der Waals surface area contributed by atoms with Gasteiger partial charge in [-0.05, 0) is 55.5 Å². The van der Waals surface area contributed by atoms with Crippen molar-refractivity contribution in [2.24, 2.45) is 0 Å². The molecule has 0 bridgehead atoms. The second kappa shape index (κ2) is 5.14. The first-order valence-corrected chi connectivity index (χ1v) is 8.03. The van der Waals surface area contributed by atoms with Crippen molar-refractivity contribution in [3.63, 3.8) is 0 Å². The molecule has 0 saturated carbocycles. The molecule has 1 fully saturated rings. The first-order valence-electron chi connectivity index (χ1n) is 6.95. The normalized spacial score (nSPS) is 17.9. The maximum Gasteiger partial charge on any atom is 0.154 e. The summed E-state index contributed by atoms with van der Waals surface area (Å²) < 4.78 is 2.96. The van der Waals surface area contributed by atoms with Gasteiger partial charge in [-0.2, -0.15) is 0 Å². The third kappa shape index (κ3) is 2.63. The number of fused-ring (bicyclic) bond motifs is 1. The van der Waals surface area contributed by atoms with Crippen LogP contribution in [0.5, 0.6) is 0 Å². The van der Waals surface area contributed by atoms with Crippen LogP contribution >= 0.6 is 22.6 Å². The van der Waals surface area contributed by atoms with Crippen LogP contribution in [0.2, 0.25) is 0 Å². The number of anilines is 1. The Morgan fingerprint density at radius 2 is 1.80 bits per heavy atom. The van der Waals surface area contributed by atoms with Gasteiger partial charge < -0.3 is 4.90 Å². The summed E-state index contributed by atoms with van der Waals surface area (Å²) in [4.78, 5) is 9.20. The molecule has 0 atom stereocenters. The van der Waals surface area contributed by atoms with E-state index in [0.717, 1.165) is 41.3 Å². The molecule has 2 aromatic heterocycles. The van der Waals surface area contributed by atoms with Gasteiger partial charge in [0.15, 0.2) is 5.65 Å². The Hall–Kier alpha value is -0.890. The van der Waals surface area contributed by atoms with Crippen LogP contribution in [0.3, 0.4) is 0 Å². The smallest absolute Gasteiger partial charge is 0.154 e. The molecule has 0 unspecified atom stereocenters. The summed E-state index contributed by atoms with van der Waals surface area (Å²) in [6.45, 7) is 11.1. The van der Waals surface area contributed by atoms with Crippen LogP contribution in [-0.2, 0) is 0 Å². The predicted molar refractivity (Wildman–Crippen MR) is 89.2 cm³/mol. The summed E-state index contributed by atoms with van der Waals surface area (Å²) in [6, 6.07) is 4.12. The minimum Gasteiger partial charge on any atom is -0.353 e. The first kappa shape index (κ1) is 14.1. The number of nitrogens with zero attached hydrogens (tertiary/aromatic N) is 5. The molecule has 6 heteroatoms. The van der Waals surface area contributed by atoms with Crippen molar-refractivity contribution in [3.05, 3.63) is 22.0 Å². The van der Waals surface area contributed by atoms with Crippen molar-refractivity contribution in [3.8, 4) is 0 Å².